The Morgan fingerprint density at radius 2 is 1.82 bits per heavy atom. The quantitative estimate of drug-likeness (QED) is 0.811. The van der Waals surface area contributed by atoms with Crippen molar-refractivity contribution in [3.8, 4) is 0 Å². The zero-order chi connectivity index (χ0) is 16.1. The number of hydrogen-bond donors (Lipinski definition) is 3. The maximum atomic E-state index is 12.8. The topological polar surface area (TPSA) is 84.2 Å². The van der Waals surface area contributed by atoms with Crippen LogP contribution in [0.1, 0.15) is 21.5 Å². The number of urea groups is 1. The Hall–Kier alpha value is -2.89. The third-order valence-corrected chi connectivity index (χ3v) is 3.13. The van der Waals surface area contributed by atoms with Crippen molar-refractivity contribution in [3.63, 3.8) is 0 Å². The first kappa shape index (κ1) is 15.5. The number of carbonyl (C=O) groups excluding carboxylic acids is 2. The van der Waals surface area contributed by atoms with Crippen molar-refractivity contribution in [2.75, 3.05) is 5.32 Å². The number of hydrogen-bond acceptors (Lipinski definition) is 2. The van der Waals surface area contributed by atoms with Crippen molar-refractivity contribution >= 4 is 17.6 Å². The molecule has 2 aromatic rings. The van der Waals surface area contributed by atoms with Gasteiger partial charge >= 0.3 is 6.03 Å². The molecule has 0 spiro atoms. The van der Waals surface area contributed by atoms with Crippen LogP contribution < -0.4 is 16.4 Å². The van der Waals surface area contributed by atoms with E-state index >= 15 is 0 Å². The fourth-order valence-electron chi connectivity index (χ4n) is 1.93. The second-order valence-corrected chi connectivity index (χ2v) is 4.83. The molecule has 2 aromatic carbocycles. The van der Waals surface area contributed by atoms with Crippen molar-refractivity contribution in [3.05, 3.63) is 65.0 Å². The SMILES string of the molecule is Cc1ccc(NC(=O)NCc2ccc(F)cc2)cc1C(N)=O. The Morgan fingerprint density at radius 3 is 2.45 bits per heavy atom. The highest BCUT2D eigenvalue weighted by atomic mass is 19.1. The number of benzene rings is 2. The number of amides is 3. The van der Waals surface area contributed by atoms with Crippen molar-refractivity contribution in [1.82, 2.24) is 5.32 Å². The molecule has 2 rings (SSSR count). The maximum absolute atomic E-state index is 12.8. The summed E-state index contributed by atoms with van der Waals surface area (Å²) in [6.07, 6.45) is 0. The van der Waals surface area contributed by atoms with Crippen LogP contribution in [0.5, 0.6) is 0 Å². The molecule has 5 nitrogen and oxygen atoms in total. The van der Waals surface area contributed by atoms with E-state index in [2.05, 4.69) is 10.6 Å². The second kappa shape index (κ2) is 6.71. The normalized spacial score (nSPS) is 10.1. The molecule has 0 saturated carbocycles. The molecular formula is C16H16FN3O2. The first-order valence-corrected chi connectivity index (χ1v) is 6.65. The van der Waals surface area contributed by atoms with Gasteiger partial charge in [0.15, 0.2) is 0 Å². The minimum absolute atomic E-state index is 0.265. The van der Waals surface area contributed by atoms with Crippen LogP contribution in [0, 0.1) is 12.7 Å². The van der Waals surface area contributed by atoms with E-state index in [0.29, 0.717) is 11.3 Å². The number of halogens is 1. The summed E-state index contributed by atoms with van der Waals surface area (Å²) in [5.41, 5.74) is 7.61. The van der Waals surface area contributed by atoms with Crippen LogP contribution in [0.25, 0.3) is 0 Å². The molecule has 0 fully saturated rings. The van der Waals surface area contributed by atoms with Crippen molar-refractivity contribution in [2.45, 2.75) is 13.5 Å². The molecule has 4 N–H and O–H groups in total. The number of primary amides is 1. The summed E-state index contributed by atoms with van der Waals surface area (Å²) in [4.78, 5) is 23.1. The van der Waals surface area contributed by atoms with Crippen LogP contribution in [0.3, 0.4) is 0 Å². The van der Waals surface area contributed by atoms with Crippen LogP contribution in [0.2, 0.25) is 0 Å². The van der Waals surface area contributed by atoms with E-state index in [-0.39, 0.29) is 12.4 Å². The maximum Gasteiger partial charge on any atom is 0.319 e. The van der Waals surface area contributed by atoms with Gasteiger partial charge in [-0.15, -0.1) is 0 Å². The molecule has 22 heavy (non-hydrogen) atoms. The van der Waals surface area contributed by atoms with Gasteiger partial charge in [-0.2, -0.15) is 0 Å². The van der Waals surface area contributed by atoms with Gasteiger partial charge in [-0.3, -0.25) is 4.79 Å². The zero-order valence-corrected chi connectivity index (χ0v) is 12.0. The van der Waals surface area contributed by atoms with Gasteiger partial charge in [0.2, 0.25) is 5.91 Å². The number of nitrogens with two attached hydrogens (primary N) is 1. The molecule has 0 radical (unpaired) electrons. The lowest BCUT2D eigenvalue weighted by Crippen LogP contribution is -2.28. The van der Waals surface area contributed by atoms with E-state index in [1.54, 1.807) is 31.2 Å². The standard InChI is InChI=1S/C16H16FN3O2/c1-10-2-7-13(8-14(10)15(18)21)20-16(22)19-9-11-3-5-12(17)6-4-11/h2-8H,9H2,1H3,(H2,18,21)(H2,19,20,22). The van der Waals surface area contributed by atoms with Gasteiger partial charge in [-0.25, -0.2) is 9.18 Å². The summed E-state index contributed by atoms with van der Waals surface area (Å²) in [5.74, 6) is -0.875. The van der Waals surface area contributed by atoms with Crippen molar-refractivity contribution in [1.29, 1.82) is 0 Å². The summed E-state index contributed by atoms with van der Waals surface area (Å²) < 4.78 is 12.8. The van der Waals surface area contributed by atoms with E-state index in [1.165, 1.54) is 18.2 Å². The number of nitrogens with one attached hydrogen (secondary N) is 2. The largest absolute Gasteiger partial charge is 0.366 e. The number of anilines is 1. The Labute approximate surface area is 127 Å². The zero-order valence-electron chi connectivity index (χ0n) is 12.0. The number of aryl methyl sites for hydroxylation is 1. The van der Waals surface area contributed by atoms with Gasteiger partial charge in [0, 0.05) is 17.8 Å². The Bertz CT molecular complexity index is 699. The molecule has 0 atom stereocenters. The van der Waals surface area contributed by atoms with Crippen LogP contribution >= 0.6 is 0 Å². The first-order valence-electron chi connectivity index (χ1n) is 6.65. The van der Waals surface area contributed by atoms with Gasteiger partial charge in [-0.1, -0.05) is 18.2 Å². The van der Waals surface area contributed by atoms with Gasteiger partial charge in [-0.05, 0) is 42.3 Å². The second-order valence-electron chi connectivity index (χ2n) is 4.83. The van der Waals surface area contributed by atoms with Gasteiger partial charge in [0.1, 0.15) is 5.82 Å². The highest BCUT2D eigenvalue weighted by Gasteiger charge is 2.08. The molecular weight excluding hydrogens is 285 g/mol. The van der Waals surface area contributed by atoms with Gasteiger partial charge < -0.3 is 16.4 Å². The summed E-state index contributed by atoms with van der Waals surface area (Å²) in [6, 6.07) is 10.3. The molecule has 0 aromatic heterocycles. The number of carbonyl (C=O) groups is 2. The Balaban J connectivity index is 1.96. The van der Waals surface area contributed by atoms with E-state index in [9.17, 15) is 14.0 Å². The van der Waals surface area contributed by atoms with Gasteiger partial charge in [0.05, 0.1) is 0 Å². The van der Waals surface area contributed by atoms with Crippen molar-refractivity contribution < 1.29 is 14.0 Å². The summed E-state index contributed by atoms with van der Waals surface area (Å²) in [5, 5.41) is 5.26. The average molecular weight is 301 g/mol. The Morgan fingerprint density at radius 1 is 1.14 bits per heavy atom. The predicted molar refractivity (Wildman–Crippen MR) is 82.0 cm³/mol. The third-order valence-electron chi connectivity index (χ3n) is 3.13. The lowest BCUT2D eigenvalue weighted by Gasteiger charge is -2.09. The highest BCUT2D eigenvalue weighted by Crippen LogP contribution is 2.14. The Kier molecular flexibility index (Phi) is 4.73. The smallest absolute Gasteiger partial charge is 0.319 e. The van der Waals surface area contributed by atoms with E-state index in [4.69, 9.17) is 5.73 Å². The van der Waals surface area contributed by atoms with E-state index < -0.39 is 11.9 Å². The minimum Gasteiger partial charge on any atom is -0.366 e. The minimum atomic E-state index is -0.548. The molecule has 0 aliphatic carbocycles. The molecule has 114 valence electrons. The summed E-state index contributed by atoms with van der Waals surface area (Å²) >= 11 is 0. The van der Waals surface area contributed by atoms with E-state index in [0.717, 1.165) is 11.1 Å². The van der Waals surface area contributed by atoms with Crippen LogP contribution in [-0.2, 0) is 6.54 Å². The van der Waals surface area contributed by atoms with Gasteiger partial charge in [0.25, 0.3) is 0 Å². The molecule has 0 heterocycles. The average Bonchev–Trinajstić information content (AvgIpc) is 2.48. The third kappa shape index (κ3) is 4.05. The lowest BCUT2D eigenvalue weighted by atomic mass is 10.1. The summed E-state index contributed by atoms with van der Waals surface area (Å²) in [6.45, 7) is 2.03. The van der Waals surface area contributed by atoms with Crippen LogP contribution in [0.4, 0.5) is 14.9 Å². The monoisotopic (exact) mass is 301 g/mol. The lowest BCUT2D eigenvalue weighted by molar-refractivity contribution is 0.0999. The fourth-order valence-corrected chi connectivity index (χ4v) is 1.93. The van der Waals surface area contributed by atoms with Crippen molar-refractivity contribution in [2.24, 2.45) is 5.73 Å². The molecule has 0 saturated heterocycles. The number of rotatable bonds is 4. The first-order chi connectivity index (χ1) is 10.5. The molecule has 0 bridgehead atoms. The molecule has 0 aliphatic rings. The predicted octanol–water partition coefficient (Wildman–Crippen LogP) is 2.55. The molecule has 0 aliphatic heterocycles. The van der Waals surface area contributed by atoms with E-state index in [1.807, 2.05) is 0 Å². The van der Waals surface area contributed by atoms with Crippen LogP contribution in [-0.4, -0.2) is 11.9 Å². The van der Waals surface area contributed by atoms with Crippen LogP contribution in [0.15, 0.2) is 42.5 Å². The molecule has 0 unspecified atom stereocenters. The highest BCUT2D eigenvalue weighted by molar-refractivity contribution is 5.97. The fraction of sp³-hybridized carbons (Fsp3) is 0.125. The molecule has 3 amide bonds. The molecule has 6 heteroatoms. The summed E-state index contributed by atoms with van der Waals surface area (Å²) in [7, 11) is 0.